The summed E-state index contributed by atoms with van der Waals surface area (Å²) in [5.74, 6) is -0.450. The SMILES string of the molecule is O=C(O)Cn1cnc(-c2ccc(-n3cccn3)cc2)n1. The van der Waals surface area contributed by atoms with Gasteiger partial charge in [0.15, 0.2) is 5.82 Å². The summed E-state index contributed by atoms with van der Waals surface area (Å²) in [5.41, 5.74) is 1.76. The lowest BCUT2D eigenvalue weighted by molar-refractivity contribution is -0.137. The molecular weight excluding hydrogens is 258 g/mol. The number of carboxylic acid groups (broad SMARTS) is 1. The molecule has 0 aliphatic rings. The Balaban J connectivity index is 1.84. The topological polar surface area (TPSA) is 85.8 Å². The van der Waals surface area contributed by atoms with Gasteiger partial charge < -0.3 is 5.11 Å². The highest BCUT2D eigenvalue weighted by molar-refractivity contribution is 5.66. The van der Waals surface area contributed by atoms with Crippen molar-refractivity contribution in [1.82, 2.24) is 24.5 Å². The molecule has 0 saturated carbocycles. The largest absolute Gasteiger partial charge is 0.480 e. The molecule has 0 aliphatic heterocycles. The number of rotatable bonds is 4. The van der Waals surface area contributed by atoms with Crippen molar-refractivity contribution in [3.63, 3.8) is 0 Å². The molecule has 1 aromatic carbocycles. The van der Waals surface area contributed by atoms with Gasteiger partial charge in [-0.1, -0.05) is 0 Å². The lowest BCUT2D eigenvalue weighted by Gasteiger charge is -2.01. The first-order chi connectivity index (χ1) is 9.72. The molecule has 3 aromatic rings. The molecule has 0 atom stereocenters. The molecule has 3 rings (SSSR count). The number of carbonyl (C=O) groups is 1. The summed E-state index contributed by atoms with van der Waals surface area (Å²) < 4.78 is 3.04. The summed E-state index contributed by atoms with van der Waals surface area (Å²) in [7, 11) is 0. The van der Waals surface area contributed by atoms with Gasteiger partial charge >= 0.3 is 5.97 Å². The van der Waals surface area contributed by atoms with Crippen LogP contribution in [0, 0.1) is 0 Å². The Morgan fingerprint density at radius 1 is 1.25 bits per heavy atom. The van der Waals surface area contributed by atoms with Crippen LogP contribution in [0.5, 0.6) is 0 Å². The summed E-state index contributed by atoms with van der Waals surface area (Å²) >= 11 is 0. The monoisotopic (exact) mass is 269 g/mol. The van der Waals surface area contributed by atoms with E-state index in [1.807, 2.05) is 36.5 Å². The molecule has 0 unspecified atom stereocenters. The van der Waals surface area contributed by atoms with Crippen molar-refractivity contribution in [3.05, 3.63) is 49.1 Å². The summed E-state index contributed by atoms with van der Waals surface area (Å²) in [6.45, 7) is -0.196. The first-order valence-corrected chi connectivity index (χ1v) is 5.94. The fourth-order valence-electron chi connectivity index (χ4n) is 1.83. The lowest BCUT2D eigenvalue weighted by atomic mass is 10.2. The number of aromatic nitrogens is 5. The number of hydrogen-bond donors (Lipinski definition) is 1. The second-order valence-corrected chi connectivity index (χ2v) is 4.16. The molecule has 0 aliphatic carbocycles. The minimum Gasteiger partial charge on any atom is -0.480 e. The zero-order valence-electron chi connectivity index (χ0n) is 10.4. The van der Waals surface area contributed by atoms with Crippen molar-refractivity contribution >= 4 is 5.97 Å². The molecule has 2 heterocycles. The van der Waals surface area contributed by atoms with Crippen molar-refractivity contribution in [2.24, 2.45) is 0 Å². The minimum absolute atomic E-state index is 0.196. The molecule has 0 amide bonds. The van der Waals surface area contributed by atoms with Gasteiger partial charge in [0.25, 0.3) is 0 Å². The first-order valence-electron chi connectivity index (χ1n) is 5.94. The maximum absolute atomic E-state index is 10.6. The van der Waals surface area contributed by atoms with Crippen molar-refractivity contribution in [1.29, 1.82) is 0 Å². The lowest BCUT2D eigenvalue weighted by Crippen LogP contribution is -2.08. The van der Waals surface area contributed by atoms with Gasteiger partial charge in [-0.2, -0.15) is 10.2 Å². The maximum atomic E-state index is 10.6. The van der Waals surface area contributed by atoms with Crippen LogP contribution >= 0.6 is 0 Å². The standard InChI is InChI=1S/C13H11N5O2/c19-12(20)8-17-9-14-13(16-17)10-2-4-11(5-3-10)18-7-1-6-15-18/h1-7,9H,8H2,(H,19,20). The third-order valence-electron chi connectivity index (χ3n) is 2.73. The van der Waals surface area contributed by atoms with E-state index in [1.54, 1.807) is 10.9 Å². The maximum Gasteiger partial charge on any atom is 0.325 e. The Kier molecular flexibility index (Phi) is 3.00. The Bertz CT molecular complexity index is 716. The van der Waals surface area contributed by atoms with Crippen LogP contribution in [0.1, 0.15) is 0 Å². The van der Waals surface area contributed by atoms with Crippen molar-refractivity contribution in [2.75, 3.05) is 0 Å². The molecule has 7 heteroatoms. The minimum atomic E-state index is -0.949. The second kappa shape index (κ2) is 4.96. The Hall–Kier alpha value is -2.96. The molecule has 20 heavy (non-hydrogen) atoms. The highest BCUT2D eigenvalue weighted by Crippen LogP contribution is 2.16. The number of carboxylic acids is 1. The molecule has 0 bridgehead atoms. The van der Waals surface area contributed by atoms with Crippen LogP contribution in [0.15, 0.2) is 49.1 Å². The Morgan fingerprint density at radius 2 is 2.05 bits per heavy atom. The van der Waals surface area contributed by atoms with Crippen LogP contribution < -0.4 is 0 Å². The smallest absolute Gasteiger partial charge is 0.325 e. The molecule has 2 aromatic heterocycles. The Morgan fingerprint density at radius 3 is 2.70 bits per heavy atom. The van der Waals surface area contributed by atoms with E-state index in [4.69, 9.17) is 5.11 Å². The van der Waals surface area contributed by atoms with E-state index in [9.17, 15) is 4.79 Å². The molecule has 1 N–H and O–H groups in total. The Labute approximate surface area is 114 Å². The number of nitrogens with zero attached hydrogens (tertiary/aromatic N) is 5. The predicted octanol–water partition coefficient (Wildman–Crippen LogP) is 1.22. The average Bonchev–Trinajstić information content (AvgIpc) is 3.09. The summed E-state index contributed by atoms with van der Waals surface area (Å²) in [6, 6.07) is 9.40. The summed E-state index contributed by atoms with van der Waals surface area (Å²) in [4.78, 5) is 14.7. The van der Waals surface area contributed by atoms with Crippen molar-refractivity contribution in [3.8, 4) is 17.1 Å². The fraction of sp³-hybridized carbons (Fsp3) is 0.0769. The number of benzene rings is 1. The number of aliphatic carboxylic acids is 1. The van der Waals surface area contributed by atoms with Gasteiger partial charge in [0.05, 0.1) is 5.69 Å². The fourth-order valence-corrected chi connectivity index (χ4v) is 1.83. The zero-order valence-corrected chi connectivity index (χ0v) is 10.4. The first kappa shape index (κ1) is 12.1. The summed E-state index contributed by atoms with van der Waals surface area (Å²) in [6.07, 6.45) is 4.97. The van der Waals surface area contributed by atoms with E-state index in [0.29, 0.717) is 5.82 Å². The highest BCUT2D eigenvalue weighted by Gasteiger charge is 2.06. The van der Waals surface area contributed by atoms with Crippen LogP contribution in [0.4, 0.5) is 0 Å². The molecule has 0 fully saturated rings. The van der Waals surface area contributed by atoms with Crippen LogP contribution in [0.3, 0.4) is 0 Å². The molecule has 0 radical (unpaired) electrons. The van der Waals surface area contributed by atoms with Crippen LogP contribution in [0.2, 0.25) is 0 Å². The van der Waals surface area contributed by atoms with Gasteiger partial charge in [-0.3, -0.25) is 4.79 Å². The third-order valence-corrected chi connectivity index (χ3v) is 2.73. The van der Waals surface area contributed by atoms with Crippen molar-refractivity contribution < 1.29 is 9.90 Å². The number of hydrogen-bond acceptors (Lipinski definition) is 4. The third kappa shape index (κ3) is 2.41. The van der Waals surface area contributed by atoms with Gasteiger partial charge in [0.1, 0.15) is 12.9 Å². The van der Waals surface area contributed by atoms with Gasteiger partial charge in [-0.15, -0.1) is 0 Å². The van der Waals surface area contributed by atoms with Crippen molar-refractivity contribution in [2.45, 2.75) is 6.54 Å². The van der Waals surface area contributed by atoms with E-state index < -0.39 is 5.97 Å². The average molecular weight is 269 g/mol. The molecule has 100 valence electrons. The van der Waals surface area contributed by atoms with Gasteiger partial charge in [0.2, 0.25) is 0 Å². The van der Waals surface area contributed by atoms with Gasteiger partial charge in [-0.25, -0.2) is 14.3 Å². The molecule has 0 spiro atoms. The summed E-state index contributed by atoms with van der Waals surface area (Å²) in [5, 5.41) is 16.9. The van der Waals surface area contributed by atoms with E-state index in [0.717, 1.165) is 11.3 Å². The van der Waals surface area contributed by atoms with Gasteiger partial charge in [-0.05, 0) is 30.3 Å². The second-order valence-electron chi connectivity index (χ2n) is 4.16. The molecule has 7 nitrogen and oxygen atoms in total. The van der Waals surface area contributed by atoms with E-state index >= 15 is 0 Å². The highest BCUT2D eigenvalue weighted by atomic mass is 16.4. The normalized spacial score (nSPS) is 10.6. The van der Waals surface area contributed by atoms with E-state index in [-0.39, 0.29) is 6.54 Å². The van der Waals surface area contributed by atoms with Crippen LogP contribution in [-0.4, -0.2) is 35.6 Å². The van der Waals surface area contributed by atoms with Crippen LogP contribution in [0.25, 0.3) is 17.1 Å². The molecular formula is C13H11N5O2. The zero-order chi connectivity index (χ0) is 13.9. The van der Waals surface area contributed by atoms with Gasteiger partial charge in [0, 0.05) is 18.0 Å². The predicted molar refractivity (Wildman–Crippen MR) is 70.2 cm³/mol. The van der Waals surface area contributed by atoms with E-state index in [2.05, 4.69) is 15.2 Å². The van der Waals surface area contributed by atoms with Crippen LogP contribution in [-0.2, 0) is 11.3 Å². The quantitative estimate of drug-likeness (QED) is 0.769. The van der Waals surface area contributed by atoms with E-state index in [1.165, 1.54) is 11.0 Å². The molecule has 0 saturated heterocycles.